The van der Waals surface area contributed by atoms with Gasteiger partial charge in [-0.15, -0.1) is 0 Å². The number of nitrogens with zero attached hydrogens (tertiary/aromatic N) is 3. The number of fused-ring (bicyclic) bond motifs is 1. The largest absolute Gasteiger partial charge is 0.477 e. The molecule has 0 amide bonds. The highest BCUT2D eigenvalue weighted by Gasteiger charge is 2.37. The average Bonchev–Trinajstić information content (AvgIpc) is 3.02. The first-order chi connectivity index (χ1) is 14.8. The maximum atomic E-state index is 14.4. The SMILES string of the molecule is N#C/C(=C\c1cn(Cc2cc(C(F)(F)F)cc(C(F)(F)F)c2)c2nccc(F)c12)C(=O)O. The second kappa shape index (κ2) is 7.99. The van der Waals surface area contributed by atoms with Crippen LogP contribution in [0.1, 0.15) is 22.3 Å². The molecule has 0 saturated heterocycles. The molecule has 2 aromatic heterocycles. The van der Waals surface area contributed by atoms with Crippen LogP contribution in [0.15, 0.2) is 42.2 Å². The van der Waals surface area contributed by atoms with Crippen LogP contribution in [0, 0.1) is 17.1 Å². The number of nitriles is 1. The highest BCUT2D eigenvalue weighted by Crippen LogP contribution is 2.37. The number of carbonyl (C=O) groups is 1. The second-order valence-electron chi connectivity index (χ2n) is 6.59. The minimum Gasteiger partial charge on any atom is -0.477 e. The van der Waals surface area contributed by atoms with Gasteiger partial charge in [0, 0.05) is 24.5 Å². The van der Waals surface area contributed by atoms with Crippen molar-refractivity contribution in [3.05, 3.63) is 70.3 Å². The van der Waals surface area contributed by atoms with E-state index in [1.54, 1.807) is 0 Å². The lowest BCUT2D eigenvalue weighted by Gasteiger charge is -2.15. The lowest BCUT2D eigenvalue weighted by Crippen LogP contribution is -2.12. The van der Waals surface area contributed by atoms with Gasteiger partial charge < -0.3 is 9.67 Å². The summed E-state index contributed by atoms with van der Waals surface area (Å²) >= 11 is 0. The third-order valence-electron chi connectivity index (χ3n) is 4.39. The molecule has 0 aliphatic rings. The van der Waals surface area contributed by atoms with Gasteiger partial charge in [-0.3, -0.25) is 0 Å². The topological polar surface area (TPSA) is 78.9 Å². The van der Waals surface area contributed by atoms with Gasteiger partial charge in [0.2, 0.25) is 0 Å². The van der Waals surface area contributed by atoms with Crippen molar-refractivity contribution in [3.8, 4) is 6.07 Å². The zero-order chi connectivity index (χ0) is 23.8. The first-order valence-electron chi connectivity index (χ1n) is 8.58. The zero-order valence-electron chi connectivity index (χ0n) is 15.6. The fourth-order valence-corrected chi connectivity index (χ4v) is 3.04. The van der Waals surface area contributed by atoms with Crippen LogP contribution in [-0.4, -0.2) is 20.6 Å². The van der Waals surface area contributed by atoms with Gasteiger partial charge in [-0.05, 0) is 35.9 Å². The standard InChI is InChI=1S/C20H10F7N3O2/c21-15-1-2-29-17-16(15)12(5-11(7-28)18(31)32)9-30(17)8-10-3-13(19(22,23)24)6-14(4-10)20(25,26)27/h1-6,9H,8H2,(H,31,32)/b11-5+. The van der Waals surface area contributed by atoms with Gasteiger partial charge in [0.25, 0.3) is 0 Å². The lowest BCUT2D eigenvalue weighted by atomic mass is 10.0. The summed E-state index contributed by atoms with van der Waals surface area (Å²) in [6, 6.07) is 3.36. The van der Waals surface area contributed by atoms with Crippen LogP contribution < -0.4 is 0 Å². The van der Waals surface area contributed by atoms with Crippen LogP contribution in [0.5, 0.6) is 0 Å². The number of aromatic nitrogens is 2. The number of halogens is 7. The predicted octanol–water partition coefficient (Wildman–Crippen LogP) is 5.25. The van der Waals surface area contributed by atoms with Gasteiger partial charge in [-0.1, -0.05) is 0 Å². The Morgan fingerprint density at radius 1 is 1.12 bits per heavy atom. The summed E-state index contributed by atoms with van der Waals surface area (Å²) in [5, 5.41) is 17.7. The Kier molecular flexibility index (Phi) is 5.69. The van der Waals surface area contributed by atoms with Gasteiger partial charge in [-0.2, -0.15) is 31.6 Å². The molecule has 1 aromatic carbocycles. The number of carboxylic acids is 1. The van der Waals surface area contributed by atoms with Crippen molar-refractivity contribution < 1.29 is 40.6 Å². The Hall–Kier alpha value is -3.88. The third-order valence-corrected chi connectivity index (χ3v) is 4.39. The molecule has 12 heteroatoms. The van der Waals surface area contributed by atoms with Crippen molar-refractivity contribution >= 4 is 23.1 Å². The Morgan fingerprint density at radius 2 is 1.72 bits per heavy atom. The molecule has 0 saturated carbocycles. The number of rotatable bonds is 4. The van der Waals surface area contributed by atoms with Crippen molar-refractivity contribution in [2.24, 2.45) is 0 Å². The summed E-state index contributed by atoms with van der Waals surface area (Å²) in [7, 11) is 0. The quantitative estimate of drug-likeness (QED) is 0.330. The van der Waals surface area contributed by atoms with Gasteiger partial charge in [-0.25, -0.2) is 14.2 Å². The number of hydrogen-bond donors (Lipinski definition) is 1. The molecule has 0 aliphatic carbocycles. The van der Waals surface area contributed by atoms with Crippen LogP contribution in [-0.2, 0) is 23.7 Å². The number of benzene rings is 1. The van der Waals surface area contributed by atoms with E-state index in [1.165, 1.54) is 6.07 Å². The molecule has 2 heterocycles. The van der Waals surface area contributed by atoms with Gasteiger partial charge in [0.05, 0.1) is 16.5 Å². The minimum atomic E-state index is -5.05. The molecule has 5 nitrogen and oxygen atoms in total. The molecule has 0 fully saturated rings. The normalized spacial score (nSPS) is 12.8. The number of carboxylic acid groups (broad SMARTS) is 1. The third kappa shape index (κ3) is 4.56. The summed E-state index contributed by atoms with van der Waals surface area (Å²) in [5.41, 5.74) is -4.49. The van der Waals surface area contributed by atoms with Crippen LogP contribution >= 0.6 is 0 Å². The number of pyridine rings is 1. The van der Waals surface area contributed by atoms with E-state index in [0.717, 1.165) is 29.1 Å². The van der Waals surface area contributed by atoms with Crippen LogP contribution in [0.2, 0.25) is 0 Å². The number of hydrogen-bond acceptors (Lipinski definition) is 3. The van der Waals surface area contributed by atoms with Gasteiger partial charge in [0.1, 0.15) is 23.1 Å². The Bertz CT molecular complexity index is 1250. The molecule has 166 valence electrons. The molecule has 0 aliphatic heterocycles. The fraction of sp³-hybridized carbons (Fsp3) is 0.150. The fourth-order valence-electron chi connectivity index (χ4n) is 3.04. The van der Waals surface area contributed by atoms with E-state index in [-0.39, 0.29) is 22.7 Å². The van der Waals surface area contributed by atoms with E-state index in [9.17, 15) is 35.5 Å². The number of aliphatic carboxylic acids is 1. The molecule has 3 rings (SSSR count). The molecule has 0 unspecified atom stereocenters. The Labute approximate surface area is 174 Å². The highest BCUT2D eigenvalue weighted by atomic mass is 19.4. The van der Waals surface area contributed by atoms with Crippen molar-refractivity contribution in [3.63, 3.8) is 0 Å². The molecule has 0 bridgehead atoms. The van der Waals surface area contributed by atoms with Crippen molar-refractivity contribution in [1.29, 1.82) is 5.26 Å². The molecule has 0 atom stereocenters. The summed E-state index contributed by atoms with van der Waals surface area (Å²) < 4.78 is 94.1. The van der Waals surface area contributed by atoms with Crippen molar-refractivity contribution in [2.45, 2.75) is 18.9 Å². The smallest absolute Gasteiger partial charge is 0.416 e. The van der Waals surface area contributed by atoms with Crippen LogP contribution in [0.25, 0.3) is 17.1 Å². The maximum Gasteiger partial charge on any atom is 0.416 e. The minimum absolute atomic E-state index is 0.0184. The van der Waals surface area contributed by atoms with Crippen molar-refractivity contribution in [2.75, 3.05) is 0 Å². The Morgan fingerprint density at radius 3 is 2.22 bits per heavy atom. The maximum absolute atomic E-state index is 14.4. The Balaban J connectivity index is 2.20. The summed E-state index contributed by atoms with van der Waals surface area (Å²) in [4.78, 5) is 15.0. The van der Waals surface area contributed by atoms with Gasteiger partial charge in [0.15, 0.2) is 0 Å². The average molecular weight is 457 g/mol. The molecule has 1 N–H and O–H groups in total. The first-order valence-corrected chi connectivity index (χ1v) is 8.58. The van der Waals surface area contributed by atoms with E-state index in [2.05, 4.69) is 4.98 Å². The highest BCUT2D eigenvalue weighted by molar-refractivity contribution is 5.99. The van der Waals surface area contributed by atoms with Crippen molar-refractivity contribution in [1.82, 2.24) is 9.55 Å². The molecule has 32 heavy (non-hydrogen) atoms. The molecule has 0 radical (unpaired) electrons. The van der Waals surface area contributed by atoms with Gasteiger partial charge >= 0.3 is 18.3 Å². The summed E-state index contributed by atoms with van der Waals surface area (Å²) in [5.74, 6) is -2.48. The first kappa shape index (κ1) is 22.8. The summed E-state index contributed by atoms with van der Waals surface area (Å²) in [6.45, 7) is -0.567. The van der Waals surface area contributed by atoms with Crippen LogP contribution in [0.4, 0.5) is 30.7 Å². The van der Waals surface area contributed by atoms with E-state index in [1.807, 2.05) is 0 Å². The molecular formula is C20H10F7N3O2. The second-order valence-corrected chi connectivity index (χ2v) is 6.59. The summed E-state index contributed by atoms with van der Waals surface area (Å²) in [6.07, 6.45) is -7.14. The zero-order valence-corrected chi connectivity index (χ0v) is 15.6. The predicted molar refractivity (Wildman–Crippen MR) is 96.5 cm³/mol. The molecular weight excluding hydrogens is 447 g/mol. The monoisotopic (exact) mass is 457 g/mol. The number of alkyl halides is 6. The van der Waals surface area contributed by atoms with E-state index in [0.29, 0.717) is 12.1 Å². The molecule has 3 aromatic rings. The van der Waals surface area contributed by atoms with Crippen LogP contribution in [0.3, 0.4) is 0 Å². The van der Waals surface area contributed by atoms with E-state index in [4.69, 9.17) is 10.4 Å². The van der Waals surface area contributed by atoms with E-state index >= 15 is 0 Å². The van der Waals surface area contributed by atoms with E-state index < -0.39 is 52.9 Å². The lowest BCUT2D eigenvalue weighted by molar-refractivity contribution is -0.143. The molecule has 0 spiro atoms.